The topological polar surface area (TPSA) is 32.3 Å². The van der Waals surface area contributed by atoms with Crippen molar-refractivity contribution in [1.82, 2.24) is 5.48 Å². The van der Waals surface area contributed by atoms with E-state index in [1.54, 1.807) is 11.3 Å². The van der Waals surface area contributed by atoms with Gasteiger partial charge in [0.15, 0.2) is 0 Å². The third-order valence-corrected chi connectivity index (χ3v) is 3.68. The van der Waals surface area contributed by atoms with E-state index in [0.717, 1.165) is 9.35 Å². The van der Waals surface area contributed by atoms with Crippen molar-refractivity contribution >= 4 is 27.3 Å². The summed E-state index contributed by atoms with van der Waals surface area (Å²) in [5, 5.41) is 10.4. The molecule has 0 aliphatic rings. The molecule has 0 saturated heterocycles. The van der Waals surface area contributed by atoms with Gasteiger partial charge in [-0.25, -0.2) is 5.48 Å². The minimum absolute atomic E-state index is 0.513. The van der Waals surface area contributed by atoms with E-state index in [4.69, 9.17) is 5.21 Å². The number of rotatable bonds is 2. The van der Waals surface area contributed by atoms with Crippen LogP contribution in [0.1, 0.15) is 10.4 Å². The van der Waals surface area contributed by atoms with Gasteiger partial charge in [0.05, 0.1) is 6.54 Å². The zero-order chi connectivity index (χ0) is 7.56. The molecule has 0 saturated carbocycles. The fourth-order valence-corrected chi connectivity index (χ4v) is 2.21. The molecule has 0 unspecified atom stereocenters. The Labute approximate surface area is 72.0 Å². The predicted molar refractivity (Wildman–Crippen MR) is 45.4 cm³/mol. The second-order valence-electron chi connectivity index (χ2n) is 1.99. The molecule has 0 radical (unpaired) electrons. The van der Waals surface area contributed by atoms with Gasteiger partial charge in [0.2, 0.25) is 0 Å². The summed E-state index contributed by atoms with van der Waals surface area (Å²) in [6, 6.07) is 0. The molecule has 4 heteroatoms. The molecular weight excluding hydrogens is 214 g/mol. The van der Waals surface area contributed by atoms with Crippen LogP contribution in [0.2, 0.25) is 0 Å². The van der Waals surface area contributed by atoms with Gasteiger partial charge in [0.25, 0.3) is 0 Å². The smallest absolute Gasteiger partial charge is 0.0563 e. The van der Waals surface area contributed by atoms with Crippen molar-refractivity contribution in [3.05, 3.63) is 20.3 Å². The summed E-state index contributed by atoms with van der Waals surface area (Å²) in [6.07, 6.45) is 0. The van der Waals surface area contributed by atoms with Crippen molar-refractivity contribution in [3.63, 3.8) is 0 Å². The molecule has 0 bridgehead atoms. The normalized spacial score (nSPS) is 10.3. The minimum Gasteiger partial charge on any atom is -0.316 e. The highest BCUT2D eigenvalue weighted by Crippen LogP contribution is 2.27. The van der Waals surface area contributed by atoms with Crippen LogP contribution in [-0.4, -0.2) is 5.21 Å². The van der Waals surface area contributed by atoms with Gasteiger partial charge in [0, 0.05) is 9.35 Å². The first-order chi connectivity index (χ1) is 4.75. The number of hydroxylamine groups is 1. The van der Waals surface area contributed by atoms with E-state index in [-0.39, 0.29) is 0 Å². The minimum atomic E-state index is 0.513. The Morgan fingerprint density at radius 3 is 2.90 bits per heavy atom. The molecular formula is C6H8BrNOS. The first-order valence-corrected chi connectivity index (χ1v) is 4.52. The molecule has 1 heterocycles. The maximum atomic E-state index is 8.39. The van der Waals surface area contributed by atoms with Crippen molar-refractivity contribution in [3.8, 4) is 0 Å². The lowest BCUT2D eigenvalue weighted by Gasteiger charge is -1.94. The van der Waals surface area contributed by atoms with Crippen LogP contribution in [0.4, 0.5) is 0 Å². The standard InChI is InChI=1S/C6H8BrNOS/c1-4-3-10-5(2-8-9)6(4)7/h3,8-9H,2H2,1H3. The summed E-state index contributed by atoms with van der Waals surface area (Å²) in [7, 11) is 0. The zero-order valence-corrected chi connectivity index (χ0v) is 7.92. The van der Waals surface area contributed by atoms with E-state index in [1.807, 2.05) is 6.92 Å². The second kappa shape index (κ2) is 3.48. The first kappa shape index (κ1) is 8.20. The molecule has 0 atom stereocenters. The molecule has 0 aliphatic heterocycles. The molecule has 10 heavy (non-hydrogen) atoms. The highest BCUT2D eigenvalue weighted by Gasteiger charge is 2.03. The van der Waals surface area contributed by atoms with Gasteiger partial charge in [-0.2, -0.15) is 0 Å². The quantitative estimate of drug-likeness (QED) is 0.752. The van der Waals surface area contributed by atoms with Crippen LogP contribution in [0.3, 0.4) is 0 Å². The number of halogens is 1. The fourth-order valence-electron chi connectivity index (χ4n) is 0.674. The largest absolute Gasteiger partial charge is 0.316 e. The van der Waals surface area contributed by atoms with Crippen molar-refractivity contribution in [2.24, 2.45) is 0 Å². The average Bonchev–Trinajstić information content (AvgIpc) is 2.20. The van der Waals surface area contributed by atoms with E-state index in [2.05, 4.69) is 26.8 Å². The van der Waals surface area contributed by atoms with Crippen LogP contribution in [0.15, 0.2) is 9.85 Å². The Balaban J connectivity index is 2.83. The summed E-state index contributed by atoms with van der Waals surface area (Å²) in [5.74, 6) is 0. The van der Waals surface area contributed by atoms with Crippen molar-refractivity contribution in [2.75, 3.05) is 0 Å². The summed E-state index contributed by atoms with van der Waals surface area (Å²) in [4.78, 5) is 1.13. The highest BCUT2D eigenvalue weighted by molar-refractivity contribution is 9.10. The second-order valence-corrected chi connectivity index (χ2v) is 3.75. The Bertz CT molecular complexity index is 224. The number of thiophene rings is 1. The van der Waals surface area contributed by atoms with E-state index in [0.29, 0.717) is 6.54 Å². The summed E-state index contributed by atoms with van der Waals surface area (Å²) < 4.78 is 1.10. The molecule has 1 aromatic rings. The van der Waals surface area contributed by atoms with Gasteiger partial charge < -0.3 is 5.21 Å². The van der Waals surface area contributed by atoms with Gasteiger partial charge in [-0.05, 0) is 33.8 Å². The predicted octanol–water partition coefficient (Wildman–Crippen LogP) is 2.30. The zero-order valence-electron chi connectivity index (χ0n) is 5.52. The maximum absolute atomic E-state index is 8.39. The SMILES string of the molecule is Cc1csc(CNO)c1Br. The van der Waals surface area contributed by atoms with E-state index < -0.39 is 0 Å². The lowest BCUT2D eigenvalue weighted by molar-refractivity contribution is 0.162. The monoisotopic (exact) mass is 221 g/mol. The van der Waals surface area contributed by atoms with Crippen LogP contribution in [-0.2, 0) is 6.54 Å². The summed E-state index contributed by atoms with van der Waals surface area (Å²) in [5.41, 5.74) is 3.34. The fraction of sp³-hybridized carbons (Fsp3) is 0.333. The van der Waals surface area contributed by atoms with Gasteiger partial charge in [-0.3, -0.25) is 0 Å². The Morgan fingerprint density at radius 1 is 1.80 bits per heavy atom. The van der Waals surface area contributed by atoms with E-state index in [1.165, 1.54) is 5.56 Å². The highest BCUT2D eigenvalue weighted by atomic mass is 79.9. The lowest BCUT2D eigenvalue weighted by Crippen LogP contribution is -2.04. The number of hydrogen-bond acceptors (Lipinski definition) is 3. The maximum Gasteiger partial charge on any atom is 0.0563 e. The van der Waals surface area contributed by atoms with Crippen molar-refractivity contribution in [1.29, 1.82) is 0 Å². The molecule has 56 valence electrons. The summed E-state index contributed by atoms with van der Waals surface area (Å²) >= 11 is 5.04. The Morgan fingerprint density at radius 2 is 2.50 bits per heavy atom. The van der Waals surface area contributed by atoms with E-state index >= 15 is 0 Å². The Kier molecular flexibility index (Phi) is 2.85. The Hall–Kier alpha value is 0.100. The number of nitrogens with one attached hydrogen (secondary N) is 1. The van der Waals surface area contributed by atoms with Gasteiger partial charge in [-0.15, -0.1) is 11.3 Å². The molecule has 2 nitrogen and oxygen atoms in total. The average molecular weight is 222 g/mol. The van der Waals surface area contributed by atoms with Crippen LogP contribution < -0.4 is 5.48 Å². The third kappa shape index (κ3) is 1.58. The van der Waals surface area contributed by atoms with E-state index in [9.17, 15) is 0 Å². The number of hydrogen-bond donors (Lipinski definition) is 2. The van der Waals surface area contributed by atoms with Crippen LogP contribution in [0, 0.1) is 6.92 Å². The number of aryl methyl sites for hydroxylation is 1. The molecule has 0 fully saturated rings. The molecule has 0 aromatic carbocycles. The van der Waals surface area contributed by atoms with Crippen molar-refractivity contribution in [2.45, 2.75) is 13.5 Å². The van der Waals surface area contributed by atoms with Crippen LogP contribution >= 0.6 is 27.3 Å². The molecule has 1 rings (SSSR count). The molecule has 0 amide bonds. The molecule has 0 aliphatic carbocycles. The third-order valence-electron chi connectivity index (χ3n) is 1.21. The summed E-state index contributed by atoms with van der Waals surface area (Å²) in [6.45, 7) is 2.54. The first-order valence-electron chi connectivity index (χ1n) is 2.85. The van der Waals surface area contributed by atoms with Crippen molar-refractivity contribution < 1.29 is 5.21 Å². The molecule has 0 spiro atoms. The molecule has 2 N–H and O–H groups in total. The lowest BCUT2D eigenvalue weighted by atomic mass is 10.3. The van der Waals surface area contributed by atoms with Gasteiger partial charge in [-0.1, -0.05) is 0 Å². The molecule has 1 aromatic heterocycles. The van der Waals surface area contributed by atoms with Gasteiger partial charge >= 0.3 is 0 Å². The van der Waals surface area contributed by atoms with Gasteiger partial charge in [0.1, 0.15) is 0 Å². The van der Waals surface area contributed by atoms with Crippen LogP contribution in [0.5, 0.6) is 0 Å². The van der Waals surface area contributed by atoms with Crippen LogP contribution in [0.25, 0.3) is 0 Å².